The molecule has 0 fully saturated rings. The van der Waals surface area contributed by atoms with Crippen LogP contribution in [0.15, 0.2) is 73.1 Å². The van der Waals surface area contributed by atoms with Crippen molar-refractivity contribution in [1.29, 1.82) is 0 Å². The molecule has 2 amide bonds. The Hall–Kier alpha value is -4.00. The first kappa shape index (κ1) is 18.4. The van der Waals surface area contributed by atoms with Gasteiger partial charge in [0.15, 0.2) is 0 Å². The minimum absolute atomic E-state index is 0.334. The van der Waals surface area contributed by atoms with E-state index in [1.807, 2.05) is 42.5 Å². The average molecular weight is 385 g/mol. The van der Waals surface area contributed by atoms with Gasteiger partial charge in [0.2, 0.25) is 5.91 Å². The lowest BCUT2D eigenvalue weighted by atomic mass is 10.0. The van der Waals surface area contributed by atoms with Crippen LogP contribution >= 0.6 is 0 Å². The van der Waals surface area contributed by atoms with Gasteiger partial charge in [0.25, 0.3) is 5.91 Å². The lowest BCUT2D eigenvalue weighted by molar-refractivity contribution is -0.119. The highest BCUT2D eigenvalue weighted by Gasteiger charge is 2.20. The molecule has 0 radical (unpaired) electrons. The van der Waals surface area contributed by atoms with Crippen LogP contribution in [0.1, 0.15) is 15.9 Å². The maximum atomic E-state index is 12.7. The van der Waals surface area contributed by atoms with E-state index in [-0.39, 0.29) is 5.91 Å². The summed E-state index contributed by atoms with van der Waals surface area (Å²) < 4.78 is 0. The van der Waals surface area contributed by atoms with Crippen molar-refractivity contribution in [1.82, 2.24) is 20.3 Å². The Morgan fingerprint density at radius 1 is 1.03 bits per heavy atom. The third kappa shape index (κ3) is 4.14. The number of benzene rings is 2. The molecule has 29 heavy (non-hydrogen) atoms. The number of imidazole rings is 1. The molecule has 0 bridgehead atoms. The summed E-state index contributed by atoms with van der Waals surface area (Å²) in [6, 6.07) is 17.5. The Kier molecular flexibility index (Phi) is 5.03. The number of carbonyl (C=O) groups excluding carboxylic acids is 2. The van der Waals surface area contributed by atoms with Crippen molar-refractivity contribution in [2.24, 2.45) is 5.73 Å². The molecule has 2 aromatic heterocycles. The summed E-state index contributed by atoms with van der Waals surface area (Å²) in [5.41, 5.74) is 9.20. The molecule has 0 spiro atoms. The Morgan fingerprint density at radius 2 is 1.79 bits per heavy atom. The predicted molar refractivity (Wildman–Crippen MR) is 110 cm³/mol. The molecule has 7 heteroatoms. The fourth-order valence-electron chi connectivity index (χ4n) is 3.11. The van der Waals surface area contributed by atoms with Gasteiger partial charge in [0, 0.05) is 29.9 Å². The third-order valence-electron chi connectivity index (χ3n) is 4.63. The third-order valence-corrected chi connectivity index (χ3v) is 4.63. The van der Waals surface area contributed by atoms with Crippen molar-refractivity contribution in [3.8, 4) is 11.4 Å². The number of nitrogens with zero attached hydrogens (tertiary/aromatic N) is 2. The van der Waals surface area contributed by atoms with E-state index in [9.17, 15) is 9.59 Å². The number of aromatic amines is 1. The molecule has 0 saturated heterocycles. The van der Waals surface area contributed by atoms with Gasteiger partial charge in [-0.3, -0.25) is 14.6 Å². The first-order valence-electron chi connectivity index (χ1n) is 9.14. The number of rotatable bonds is 6. The van der Waals surface area contributed by atoms with Gasteiger partial charge in [-0.2, -0.15) is 0 Å². The minimum Gasteiger partial charge on any atom is -0.368 e. The van der Waals surface area contributed by atoms with Crippen LogP contribution in [0.25, 0.3) is 22.4 Å². The molecule has 2 heterocycles. The van der Waals surface area contributed by atoms with Gasteiger partial charge in [0.05, 0.1) is 11.0 Å². The number of carbonyl (C=O) groups is 2. The fraction of sp³-hybridized carbons (Fsp3) is 0.0909. The quantitative estimate of drug-likeness (QED) is 0.473. The monoisotopic (exact) mass is 385 g/mol. The van der Waals surface area contributed by atoms with Gasteiger partial charge < -0.3 is 16.0 Å². The van der Waals surface area contributed by atoms with Gasteiger partial charge in [0.1, 0.15) is 11.9 Å². The predicted octanol–water partition coefficient (Wildman–Crippen LogP) is 2.45. The summed E-state index contributed by atoms with van der Waals surface area (Å²) in [5.74, 6) is -0.254. The van der Waals surface area contributed by atoms with Crippen LogP contribution in [0.3, 0.4) is 0 Å². The number of fused-ring (bicyclic) bond motifs is 1. The van der Waals surface area contributed by atoms with E-state index in [0.717, 1.165) is 22.2 Å². The molecule has 0 unspecified atom stereocenters. The lowest BCUT2D eigenvalue weighted by Crippen LogP contribution is -2.45. The number of nitrogens with one attached hydrogen (secondary N) is 2. The smallest absolute Gasteiger partial charge is 0.252 e. The standard InChI is InChI=1S/C22H19N5O2/c23-20(28)19(12-14-4-2-1-3-5-14)27-22(29)16-6-7-17-18(13-16)26-21(25-17)15-8-10-24-11-9-15/h1-11,13,19H,12H2,(H2,23,28)(H,25,26)(H,27,29)/t19-/m0/s1. The summed E-state index contributed by atoms with van der Waals surface area (Å²) in [7, 11) is 0. The summed E-state index contributed by atoms with van der Waals surface area (Å²) in [5, 5.41) is 2.73. The minimum atomic E-state index is -0.797. The molecule has 0 aliphatic heterocycles. The maximum absolute atomic E-state index is 12.7. The number of amides is 2. The molecule has 7 nitrogen and oxygen atoms in total. The Bertz CT molecular complexity index is 1160. The molecule has 4 rings (SSSR count). The van der Waals surface area contributed by atoms with E-state index in [4.69, 9.17) is 5.73 Å². The summed E-state index contributed by atoms with van der Waals surface area (Å²) in [6.45, 7) is 0. The molecule has 0 aliphatic carbocycles. The van der Waals surface area contributed by atoms with Crippen molar-refractivity contribution in [2.75, 3.05) is 0 Å². The van der Waals surface area contributed by atoms with E-state index in [2.05, 4.69) is 20.3 Å². The molecule has 1 atom stereocenters. The van der Waals surface area contributed by atoms with Crippen LogP contribution in [0.5, 0.6) is 0 Å². The molecule has 0 aliphatic rings. The molecule has 0 saturated carbocycles. The van der Waals surface area contributed by atoms with Crippen LogP contribution in [0.4, 0.5) is 0 Å². The second kappa shape index (κ2) is 7.93. The van der Waals surface area contributed by atoms with Gasteiger partial charge >= 0.3 is 0 Å². The molecular weight excluding hydrogens is 366 g/mol. The fourth-order valence-corrected chi connectivity index (χ4v) is 3.11. The Balaban J connectivity index is 1.55. The molecule has 144 valence electrons. The van der Waals surface area contributed by atoms with Gasteiger partial charge in [-0.15, -0.1) is 0 Å². The zero-order valence-corrected chi connectivity index (χ0v) is 15.5. The zero-order valence-electron chi connectivity index (χ0n) is 15.5. The Labute approximate surface area is 167 Å². The van der Waals surface area contributed by atoms with Crippen molar-refractivity contribution in [3.05, 3.63) is 84.2 Å². The van der Waals surface area contributed by atoms with Crippen LogP contribution < -0.4 is 11.1 Å². The molecular formula is C22H19N5O2. The SMILES string of the molecule is NC(=O)[C@H](Cc1ccccc1)NC(=O)c1ccc2nc(-c3ccncc3)[nH]c2c1. The second-order valence-corrected chi connectivity index (χ2v) is 6.67. The number of primary amides is 1. The van der Waals surface area contributed by atoms with Gasteiger partial charge in [-0.25, -0.2) is 4.98 Å². The summed E-state index contributed by atoms with van der Waals surface area (Å²) in [4.78, 5) is 36.3. The second-order valence-electron chi connectivity index (χ2n) is 6.67. The molecule has 4 N–H and O–H groups in total. The number of hydrogen-bond acceptors (Lipinski definition) is 4. The number of pyridine rings is 1. The number of hydrogen-bond donors (Lipinski definition) is 3. The van der Waals surface area contributed by atoms with Crippen molar-refractivity contribution in [2.45, 2.75) is 12.5 Å². The van der Waals surface area contributed by atoms with E-state index in [1.165, 1.54) is 0 Å². The lowest BCUT2D eigenvalue weighted by Gasteiger charge is -2.15. The summed E-state index contributed by atoms with van der Waals surface area (Å²) in [6.07, 6.45) is 3.72. The number of nitrogens with two attached hydrogens (primary N) is 1. The highest BCUT2D eigenvalue weighted by atomic mass is 16.2. The number of aromatic nitrogens is 3. The van der Waals surface area contributed by atoms with E-state index < -0.39 is 11.9 Å². The Morgan fingerprint density at radius 3 is 2.52 bits per heavy atom. The van der Waals surface area contributed by atoms with Crippen LogP contribution in [0.2, 0.25) is 0 Å². The van der Waals surface area contributed by atoms with E-state index in [1.54, 1.807) is 30.6 Å². The normalized spacial score (nSPS) is 11.9. The highest BCUT2D eigenvalue weighted by Crippen LogP contribution is 2.21. The van der Waals surface area contributed by atoms with Crippen LogP contribution in [0, 0.1) is 0 Å². The first-order chi connectivity index (χ1) is 14.1. The summed E-state index contributed by atoms with van der Waals surface area (Å²) >= 11 is 0. The zero-order chi connectivity index (χ0) is 20.2. The average Bonchev–Trinajstić information content (AvgIpc) is 3.18. The maximum Gasteiger partial charge on any atom is 0.252 e. The highest BCUT2D eigenvalue weighted by molar-refractivity contribution is 6.00. The number of H-pyrrole nitrogens is 1. The largest absolute Gasteiger partial charge is 0.368 e. The van der Waals surface area contributed by atoms with Crippen LogP contribution in [-0.2, 0) is 11.2 Å². The first-order valence-corrected chi connectivity index (χ1v) is 9.14. The van der Waals surface area contributed by atoms with Gasteiger partial charge in [-0.1, -0.05) is 30.3 Å². The molecule has 4 aromatic rings. The van der Waals surface area contributed by atoms with Crippen molar-refractivity contribution >= 4 is 22.8 Å². The van der Waals surface area contributed by atoms with E-state index >= 15 is 0 Å². The van der Waals surface area contributed by atoms with E-state index in [0.29, 0.717) is 17.8 Å². The van der Waals surface area contributed by atoms with Crippen molar-refractivity contribution < 1.29 is 9.59 Å². The topological polar surface area (TPSA) is 114 Å². The van der Waals surface area contributed by atoms with Crippen molar-refractivity contribution in [3.63, 3.8) is 0 Å². The molecule has 2 aromatic carbocycles. The van der Waals surface area contributed by atoms with Gasteiger partial charge in [-0.05, 0) is 35.9 Å². The van der Waals surface area contributed by atoms with Crippen LogP contribution in [-0.4, -0.2) is 32.8 Å².